The number of benzene rings is 1. The second-order valence-corrected chi connectivity index (χ2v) is 6.66. The van der Waals surface area contributed by atoms with Crippen LogP contribution >= 0.6 is 0 Å². The Hall–Kier alpha value is -1.10. The predicted octanol–water partition coefficient (Wildman–Crippen LogP) is 2.39. The summed E-state index contributed by atoms with van der Waals surface area (Å²) in [6.07, 6.45) is 5.16. The van der Waals surface area contributed by atoms with Gasteiger partial charge in [-0.3, -0.25) is 4.90 Å². The summed E-state index contributed by atoms with van der Waals surface area (Å²) in [5.74, 6) is 1.07. The van der Waals surface area contributed by atoms with Crippen LogP contribution in [0, 0.1) is 0 Å². The van der Waals surface area contributed by atoms with Crippen molar-refractivity contribution in [2.45, 2.75) is 50.5 Å². The van der Waals surface area contributed by atoms with E-state index < -0.39 is 0 Å². The molecule has 1 saturated carbocycles. The monoisotopic (exact) mass is 303 g/mol. The maximum Gasteiger partial charge on any atom is 0.122 e. The highest BCUT2D eigenvalue weighted by Gasteiger charge is 2.37. The van der Waals surface area contributed by atoms with Gasteiger partial charge in [0, 0.05) is 32.7 Å². The molecule has 1 aromatic carbocycles. The maximum atomic E-state index is 6.00. The Morgan fingerprint density at radius 2 is 2.23 bits per heavy atom. The molecule has 0 bridgehead atoms. The zero-order valence-electron chi connectivity index (χ0n) is 13.3. The predicted molar refractivity (Wildman–Crippen MR) is 84.2 cm³/mol. The Bertz CT molecular complexity index is 533. The van der Waals surface area contributed by atoms with Crippen LogP contribution in [0.1, 0.15) is 30.4 Å². The molecule has 3 unspecified atom stereocenters. The molecule has 4 nitrogen and oxygen atoms in total. The van der Waals surface area contributed by atoms with Gasteiger partial charge in [-0.15, -0.1) is 0 Å². The summed E-state index contributed by atoms with van der Waals surface area (Å²) in [5.41, 5.74) is 2.75. The van der Waals surface area contributed by atoms with Crippen molar-refractivity contribution in [2.75, 3.05) is 26.9 Å². The van der Waals surface area contributed by atoms with E-state index in [-0.39, 0.29) is 0 Å². The van der Waals surface area contributed by atoms with Crippen molar-refractivity contribution in [1.82, 2.24) is 4.90 Å². The highest BCUT2D eigenvalue weighted by atomic mass is 16.5. The molecule has 4 heteroatoms. The van der Waals surface area contributed by atoms with Crippen molar-refractivity contribution < 1.29 is 14.2 Å². The Balaban J connectivity index is 1.48. The van der Waals surface area contributed by atoms with Crippen molar-refractivity contribution in [3.05, 3.63) is 29.3 Å². The van der Waals surface area contributed by atoms with Crippen molar-refractivity contribution in [3.63, 3.8) is 0 Å². The molecule has 22 heavy (non-hydrogen) atoms. The van der Waals surface area contributed by atoms with Crippen LogP contribution in [0.2, 0.25) is 0 Å². The van der Waals surface area contributed by atoms with Gasteiger partial charge in [0.25, 0.3) is 0 Å². The van der Waals surface area contributed by atoms with E-state index in [0.717, 1.165) is 57.7 Å². The summed E-state index contributed by atoms with van der Waals surface area (Å²) in [6.45, 7) is 3.71. The van der Waals surface area contributed by atoms with Crippen molar-refractivity contribution in [2.24, 2.45) is 0 Å². The van der Waals surface area contributed by atoms with E-state index in [2.05, 4.69) is 23.1 Å². The summed E-state index contributed by atoms with van der Waals surface area (Å²) < 4.78 is 17.2. The van der Waals surface area contributed by atoms with Gasteiger partial charge < -0.3 is 14.2 Å². The van der Waals surface area contributed by atoms with Crippen LogP contribution in [-0.4, -0.2) is 50.0 Å². The highest BCUT2D eigenvalue weighted by Crippen LogP contribution is 2.32. The first-order valence-corrected chi connectivity index (χ1v) is 8.46. The zero-order valence-corrected chi connectivity index (χ0v) is 13.3. The number of nitrogens with zero attached hydrogens (tertiary/aromatic N) is 1. The number of morpholine rings is 1. The van der Waals surface area contributed by atoms with E-state index in [1.165, 1.54) is 11.1 Å². The lowest BCUT2D eigenvalue weighted by Crippen LogP contribution is -2.54. The molecule has 4 rings (SSSR count). The Morgan fingerprint density at radius 3 is 3.14 bits per heavy atom. The first-order valence-electron chi connectivity index (χ1n) is 8.46. The van der Waals surface area contributed by atoms with Gasteiger partial charge >= 0.3 is 0 Å². The molecule has 0 amide bonds. The summed E-state index contributed by atoms with van der Waals surface area (Å²) >= 11 is 0. The van der Waals surface area contributed by atoms with Crippen molar-refractivity contribution in [1.29, 1.82) is 0 Å². The minimum Gasteiger partial charge on any atom is -0.493 e. The summed E-state index contributed by atoms with van der Waals surface area (Å²) in [4.78, 5) is 2.59. The molecule has 0 radical (unpaired) electrons. The number of rotatable bonds is 3. The number of fused-ring (bicyclic) bond motifs is 2. The second kappa shape index (κ2) is 6.19. The standard InChI is InChI=1S/C18H25NO3/c1-20-15-3-5-18-16(11-15)19(7-9-22-18)12-13-2-4-17-14(10-13)6-8-21-17/h2,4,10,15-16,18H,3,5-9,11-12H2,1H3. The molecule has 0 aromatic heterocycles. The van der Waals surface area contributed by atoms with E-state index in [4.69, 9.17) is 14.2 Å². The number of hydrogen-bond acceptors (Lipinski definition) is 4. The van der Waals surface area contributed by atoms with Gasteiger partial charge in [0.1, 0.15) is 5.75 Å². The highest BCUT2D eigenvalue weighted by molar-refractivity contribution is 5.39. The Kier molecular flexibility index (Phi) is 4.07. The van der Waals surface area contributed by atoms with Crippen LogP contribution in [0.5, 0.6) is 5.75 Å². The fourth-order valence-electron chi connectivity index (χ4n) is 4.13. The van der Waals surface area contributed by atoms with Crippen LogP contribution < -0.4 is 4.74 Å². The Morgan fingerprint density at radius 1 is 1.27 bits per heavy atom. The summed E-state index contributed by atoms with van der Waals surface area (Å²) in [7, 11) is 1.83. The fraction of sp³-hybridized carbons (Fsp3) is 0.667. The zero-order chi connectivity index (χ0) is 14.9. The number of methoxy groups -OCH3 is 1. The van der Waals surface area contributed by atoms with Crippen LogP contribution in [-0.2, 0) is 22.4 Å². The third-order valence-electron chi connectivity index (χ3n) is 5.36. The lowest BCUT2D eigenvalue weighted by molar-refractivity contribution is -0.116. The van der Waals surface area contributed by atoms with E-state index in [1.807, 2.05) is 7.11 Å². The lowest BCUT2D eigenvalue weighted by atomic mass is 9.87. The molecule has 3 atom stereocenters. The van der Waals surface area contributed by atoms with Crippen LogP contribution in [0.4, 0.5) is 0 Å². The molecular formula is C18H25NO3. The molecule has 3 aliphatic rings. The van der Waals surface area contributed by atoms with E-state index in [1.54, 1.807) is 0 Å². The van der Waals surface area contributed by atoms with Crippen molar-refractivity contribution in [3.8, 4) is 5.75 Å². The average molecular weight is 303 g/mol. The molecule has 1 saturated heterocycles. The van der Waals surface area contributed by atoms with Crippen LogP contribution in [0.3, 0.4) is 0 Å². The van der Waals surface area contributed by atoms with E-state index in [0.29, 0.717) is 18.2 Å². The van der Waals surface area contributed by atoms with Gasteiger partial charge in [-0.05, 0) is 36.5 Å². The molecule has 2 aliphatic heterocycles. The quantitative estimate of drug-likeness (QED) is 0.858. The largest absolute Gasteiger partial charge is 0.493 e. The fourth-order valence-corrected chi connectivity index (χ4v) is 4.13. The Labute approximate surface area is 132 Å². The minimum absolute atomic E-state index is 0.387. The van der Waals surface area contributed by atoms with Gasteiger partial charge in [0.2, 0.25) is 0 Å². The van der Waals surface area contributed by atoms with Crippen molar-refractivity contribution >= 4 is 0 Å². The molecular weight excluding hydrogens is 278 g/mol. The summed E-state index contributed by atoms with van der Waals surface area (Å²) in [5, 5.41) is 0. The van der Waals surface area contributed by atoms with Gasteiger partial charge in [-0.25, -0.2) is 0 Å². The first kappa shape index (κ1) is 14.5. The molecule has 2 fully saturated rings. The third-order valence-corrected chi connectivity index (χ3v) is 5.36. The smallest absolute Gasteiger partial charge is 0.122 e. The topological polar surface area (TPSA) is 30.9 Å². The maximum absolute atomic E-state index is 6.00. The lowest BCUT2D eigenvalue weighted by Gasteiger charge is -2.45. The van der Waals surface area contributed by atoms with Gasteiger partial charge in [-0.1, -0.05) is 12.1 Å². The molecule has 120 valence electrons. The SMILES string of the molecule is COC1CCC2OCCN(Cc3ccc4c(c3)CCO4)C2C1. The molecule has 0 N–H and O–H groups in total. The van der Waals surface area contributed by atoms with E-state index in [9.17, 15) is 0 Å². The van der Waals surface area contributed by atoms with Gasteiger partial charge in [-0.2, -0.15) is 0 Å². The third kappa shape index (κ3) is 2.75. The molecule has 2 heterocycles. The van der Waals surface area contributed by atoms with E-state index >= 15 is 0 Å². The van der Waals surface area contributed by atoms with Gasteiger partial charge in [0.05, 0.1) is 25.4 Å². The van der Waals surface area contributed by atoms with Crippen LogP contribution in [0.15, 0.2) is 18.2 Å². The normalized spacial score (nSPS) is 31.4. The van der Waals surface area contributed by atoms with Crippen LogP contribution in [0.25, 0.3) is 0 Å². The molecule has 1 aliphatic carbocycles. The molecule has 1 aromatic rings. The average Bonchev–Trinajstić information content (AvgIpc) is 3.02. The molecule has 0 spiro atoms. The summed E-state index contributed by atoms with van der Waals surface area (Å²) in [6, 6.07) is 7.17. The van der Waals surface area contributed by atoms with Gasteiger partial charge in [0.15, 0.2) is 0 Å². The number of ether oxygens (including phenoxy) is 3. The minimum atomic E-state index is 0.387. The number of hydrogen-bond donors (Lipinski definition) is 0. The first-order chi connectivity index (χ1) is 10.8. The second-order valence-electron chi connectivity index (χ2n) is 6.66.